The van der Waals surface area contributed by atoms with Crippen molar-refractivity contribution in [2.45, 2.75) is 20.0 Å². The molecule has 1 aliphatic rings. The van der Waals surface area contributed by atoms with E-state index >= 15 is 0 Å². The van der Waals surface area contributed by atoms with E-state index in [1.165, 1.54) is 4.90 Å². The summed E-state index contributed by atoms with van der Waals surface area (Å²) in [6, 6.07) is -0.131. The van der Waals surface area contributed by atoms with Crippen molar-refractivity contribution in [2.24, 2.45) is 5.92 Å². The zero-order valence-corrected chi connectivity index (χ0v) is 10.5. The van der Waals surface area contributed by atoms with Crippen molar-refractivity contribution in [3.05, 3.63) is 0 Å². The molecule has 1 atom stereocenters. The van der Waals surface area contributed by atoms with E-state index < -0.39 is 12.1 Å². The molecule has 0 aromatic carbocycles. The first kappa shape index (κ1) is 13.8. The van der Waals surface area contributed by atoms with Gasteiger partial charge < -0.3 is 19.6 Å². The highest BCUT2D eigenvalue weighted by atomic mass is 16.5. The van der Waals surface area contributed by atoms with Crippen LogP contribution in [0.3, 0.4) is 0 Å². The number of ether oxygens (including phenoxy) is 1. The lowest BCUT2D eigenvalue weighted by Crippen LogP contribution is -2.52. The van der Waals surface area contributed by atoms with Crippen molar-refractivity contribution in [1.29, 1.82) is 0 Å². The van der Waals surface area contributed by atoms with E-state index in [2.05, 4.69) is 0 Å². The lowest BCUT2D eigenvalue weighted by Gasteiger charge is -2.34. The number of carboxylic acids is 1. The van der Waals surface area contributed by atoms with E-state index in [1.54, 1.807) is 11.9 Å². The molecule has 0 spiro atoms. The first-order valence-corrected chi connectivity index (χ1v) is 5.76. The van der Waals surface area contributed by atoms with Gasteiger partial charge in [-0.25, -0.2) is 9.59 Å². The number of carbonyl (C=O) groups is 2. The maximum Gasteiger partial charge on any atom is 0.334 e. The second-order valence-electron chi connectivity index (χ2n) is 4.70. The number of aliphatic carboxylic acids is 1. The number of morpholine rings is 1. The Morgan fingerprint density at radius 1 is 1.53 bits per heavy atom. The molecule has 1 N–H and O–H groups in total. The molecule has 0 aliphatic carbocycles. The van der Waals surface area contributed by atoms with Gasteiger partial charge in [-0.3, -0.25) is 0 Å². The van der Waals surface area contributed by atoms with Crippen LogP contribution in [0.4, 0.5) is 4.79 Å². The highest BCUT2D eigenvalue weighted by molar-refractivity contribution is 5.77. The van der Waals surface area contributed by atoms with Gasteiger partial charge in [-0.15, -0.1) is 0 Å². The van der Waals surface area contributed by atoms with E-state index in [-0.39, 0.29) is 19.2 Å². The van der Waals surface area contributed by atoms with Crippen LogP contribution in [0.15, 0.2) is 0 Å². The van der Waals surface area contributed by atoms with Gasteiger partial charge in [-0.1, -0.05) is 13.8 Å². The van der Waals surface area contributed by atoms with E-state index in [4.69, 9.17) is 9.84 Å². The minimum Gasteiger partial charge on any atom is -0.479 e. The van der Waals surface area contributed by atoms with Crippen molar-refractivity contribution >= 4 is 12.0 Å². The molecule has 1 saturated heterocycles. The summed E-state index contributed by atoms with van der Waals surface area (Å²) in [6.07, 6.45) is -0.903. The summed E-state index contributed by atoms with van der Waals surface area (Å²) >= 11 is 0. The van der Waals surface area contributed by atoms with Gasteiger partial charge >= 0.3 is 12.0 Å². The zero-order chi connectivity index (χ0) is 13.0. The Bertz CT molecular complexity index is 293. The summed E-state index contributed by atoms with van der Waals surface area (Å²) in [5.74, 6) is -0.630. The number of hydrogen-bond acceptors (Lipinski definition) is 3. The quantitative estimate of drug-likeness (QED) is 0.784. The fourth-order valence-electron chi connectivity index (χ4n) is 1.84. The molecule has 1 heterocycles. The molecule has 2 amide bonds. The first-order chi connectivity index (χ1) is 7.91. The van der Waals surface area contributed by atoms with Gasteiger partial charge in [0, 0.05) is 20.1 Å². The average molecular weight is 244 g/mol. The largest absolute Gasteiger partial charge is 0.479 e. The van der Waals surface area contributed by atoms with Gasteiger partial charge in [-0.2, -0.15) is 0 Å². The van der Waals surface area contributed by atoms with Crippen LogP contribution in [0.25, 0.3) is 0 Å². The smallest absolute Gasteiger partial charge is 0.334 e. The summed E-state index contributed by atoms with van der Waals surface area (Å²) < 4.78 is 5.07. The molecule has 1 aliphatic heterocycles. The number of urea groups is 1. The number of nitrogens with zero attached hydrogens (tertiary/aromatic N) is 2. The number of amides is 2. The monoisotopic (exact) mass is 244 g/mol. The predicted molar refractivity (Wildman–Crippen MR) is 61.8 cm³/mol. The number of rotatable bonds is 3. The van der Waals surface area contributed by atoms with E-state index in [0.717, 1.165) is 0 Å². The third-order valence-corrected chi connectivity index (χ3v) is 2.58. The molecule has 0 aromatic heterocycles. The minimum atomic E-state index is -1.02. The molecular formula is C11H20N2O4. The van der Waals surface area contributed by atoms with Gasteiger partial charge in [0.2, 0.25) is 0 Å². The van der Waals surface area contributed by atoms with Crippen molar-refractivity contribution in [2.75, 3.05) is 33.3 Å². The van der Waals surface area contributed by atoms with Gasteiger partial charge in [0.1, 0.15) is 0 Å². The Balaban J connectivity index is 2.54. The van der Waals surface area contributed by atoms with Crippen LogP contribution < -0.4 is 0 Å². The molecule has 0 radical (unpaired) electrons. The number of hydrogen-bond donors (Lipinski definition) is 1. The van der Waals surface area contributed by atoms with Crippen molar-refractivity contribution in [1.82, 2.24) is 9.80 Å². The molecule has 0 aromatic rings. The van der Waals surface area contributed by atoms with E-state index in [0.29, 0.717) is 19.0 Å². The van der Waals surface area contributed by atoms with Crippen LogP contribution in [0.1, 0.15) is 13.8 Å². The highest BCUT2D eigenvalue weighted by Crippen LogP contribution is 2.09. The predicted octanol–water partition coefficient (Wildman–Crippen LogP) is 0.480. The molecule has 17 heavy (non-hydrogen) atoms. The fourth-order valence-corrected chi connectivity index (χ4v) is 1.84. The maximum absolute atomic E-state index is 12.0. The van der Waals surface area contributed by atoms with Gasteiger partial charge in [0.15, 0.2) is 6.10 Å². The summed E-state index contributed by atoms with van der Waals surface area (Å²) in [4.78, 5) is 26.0. The summed E-state index contributed by atoms with van der Waals surface area (Å²) in [6.45, 7) is 5.57. The van der Waals surface area contributed by atoms with Crippen LogP contribution >= 0.6 is 0 Å². The minimum absolute atomic E-state index is 0.122. The second kappa shape index (κ2) is 5.86. The third kappa shape index (κ3) is 3.89. The molecule has 1 fully saturated rings. The second-order valence-corrected chi connectivity index (χ2v) is 4.70. The van der Waals surface area contributed by atoms with E-state index in [1.807, 2.05) is 13.8 Å². The number of carbonyl (C=O) groups excluding carboxylic acids is 1. The molecule has 0 saturated carbocycles. The average Bonchev–Trinajstić information content (AvgIpc) is 2.27. The molecule has 6 nitrogen and oxygen atoms in total. The topological polar surface area (TPSA) is 70.1 Å². The van der Waals surface area contributed by atoms with Crippen LogP contribution in [-0.4, -0.2) is 66.3 Å². The molecular weight excluding hydrogens is 224 g/mol. The molecule has 1 rings (SSSR count). The molecule has 0 bridgehead atoms. The van der Waals surface area contributed by atoms with Gasteiger partial charge in [-0.05, 0) is 5.92 Å². The fraction of sp³-hybridized carbons (Fsp3) is 0.818. The first-order valence-electron chi connectivity index (χ1n) is 5.76. The Kier molecular flexibility index (Phi) is 4.74. The third-order valence-electron chi connectivity index (χ3n) is 2.58. The normalized spacial score (nSPS) is 20.5. The Labute approximate surface area is 101 Å². The van der Waals surface area contributed by atoms with Crippen LogP contribution in [-0.2, 0) is 9.53 Å². The maximum atomic E-state index is 12.0. The molecule has 1 unspecified atom stereocenters. The Hall–Kier alpha value is -1.30. The summed E-state index contributed by atoms with van der Waals surface area (Å²) in [5, 5.41) is 8.85. The summed E-state index contributed by atoms with van der Waals surface area (Å²) in [7, 11) is 1.73. The van der Waals surface area contributed by atoms with Crippen molar-refractivity contribution in [3.8, 4) is 0 Å². The standard InChI is InChI=1S/C11H20N2O4/c1-8(2)6-12(3)11(16)13-4-5-17-9(7-13)10(14)15/h8-9H,4-7H2,1-3H3,(H,14,15). The Morgan fingerprint density at radius 2 is 2.18 bits per heavy atom. The van der Waals surface area contributed by atoms with Gasteiger partial charge in [0.25, 0.3) is 0 Å². The Morgan fingerprint density at radius 3 is 2.71 bits per heavy atom. The zero-order valence-electron chi connectivity index (χ0n) is 10.5. The van der Waals surface area contributed by atoms with Crippen LogP contribution in [0, 0.1) is 5.92 Å². The lowest BCUT2D eigenvalue weighted by atomic mass is 10.2. The van der Waals surface area contributed by atoms with Crippen LogP contribution in [0.2, 0.25) is 0 Å². The highest BCUT2D eigenvalue weighted by Gasteiger charge is 2.30. The van der Waals surface area contributed by atoms with Crippen molar-refractivity contribution in [3.63, 3.8) is 0 Å². The van der Waals surface area contributed by atoms with Crippen molar-refractivity contribution < 1.29 is 19.4 Å². The molecule has 6 heteroatoms. The SMILES string of the molecule is CC(C)CN(C)C(=O)N1CCOC(C(=O)O)C1. The lowest BCUT2D eigenvalue weighted by molar-refractivity contribution is -0.154. The molecule has 98 valence electrons. The van der Waals surface area contributed by atoms with E-state index in [9.17, 15) is 9.59 Å². The number of carboxylic acid groups (broad SMARTS) is 1. The summed E-state index contributed by atoms with van der Waals surface area (Å²) in [5.41, 5.74) is 0. The van der Waals surface area contributed by atoms with Gasteiger partial charge in [0.05, 0.1) is 13.2 Å². The van der Waals surface area contributed by atoms with Crippen LogP contribution in [0.5, 0.6) is 0 Å².